The number of carbonyl (C=O) groups is 1. The molecular weight excluding hydrogens is 304 g/mol. The van der Waals surface area contributed by atoms with E-state index in [0.29, 0.717) is 18.5 Å². The highest BCUT2D eigenvalue weighted by atomic mass is 16.3. The van der Waals surface area contributed by atoms with Crippen LogP contribution >= 0.6 is 0 Å². The van der Waals surface area contributed by atoms with Crippen LogP contribution in [0.25, 0.3) is 0 Å². The quantitative estimate of drug-likeness (QED) is 0.522. The Balaban J connectivity index is 1.82. The van der Waals surface area contributed by atoms with Gasteiger partial charge in [-0.05, 0) is 32.6 Å². The summed E-state index contributed by atoms with van der Waals surface area (Å²) in [4.78, 5) is 18.7. The molecule has 0 radical (unpaired) electrons. The Kier molecular flexibility index (Phi) is 7.34. The van der Waals surface area contributed by atoms with Crippen molar-refractivity contribution < 1.29 is 9.90 Å². The van der Waals surface area contributed by atoms with E-state index in [1.165, 1.54) is 0 Å². The summed E-state index contributed by atoms with van der Waals surface area (Å²) in [5.41, 5.74) is 0. The van der Waals surface area contributed by atoms with Crippen molar-refractivity contribution in [2.75, 3.05) is 26.2 Å². The highest BCUT2D eigenvalue weighted by Crippen LogP contribution is 2.25. The highest BCUT2D eigenvalue weighted by Gasteiger charge is 2.26. The summed E-state index contributed by atoms with van der Waals surface area (Å²) in [6.45, 7) is 9.11. The first-order chi connectivity index (χ1) is 11.5. The molecule has 1 amide bonds. The molecule has 3 N–H and O–H groups in total. The Hall–Kier alpha value is -1.30. The summed E-state index contributed by atoms with van der Waals surface area (Å²) in [7, 11) is 0. The van der Waals surface area contributed by atoms with Crippen LogP contribution in [0.3, 0.4) is 0 Å². The first-order valence-electron chi connectivity index (χ1n) is 9.53. The molecule has 2 fully saturated rings. The molecule has 0 aromatic heterocycles. The second-order valence-corrected chi connectivity index (χ2v) is 7.38. The molecule has 0 aromatic rings. The third kappa shape index (κ3) is 5.36. The fourth-order valence-electron chi connectivity index (χ4n) is 3.56. The van der Waals surface area contributed by atoms with Gasteiger partial charge in [0.15, 0.2) is 5.96 Å². The maximum absolute atomic E-state index is 12.1. The van der Waals surface area contributed by atoms with E-state index >= 15 is 0 Å². The molecule has 138 valence electrons. The number of hydrogen-bond donors (Lipinski definition) is 3. The standard InChI is InChI=1S/C18H34N4O2/c1-4-19-18(20-12-14-6-5-7-16(14)23)21-15-8-10-22(11-9-15)17(24)13(2)3/h13-16,23H,4-12H2,1-3H3,(H2,19,20,21). The maximum atomic E-state index is 12.1. The molecule has 0 aromatic carbocycles. The molecule has 2 atom stereocenters. The predicted octanol–water partition coefficient (Wildman–Crippen LogP) is 1.35. The molecule has 1 aliphatic carbocycles. The third-order valence-electron chi connectivity index (χ3n) is 5.09. The van der Waals surface area contributed by atoms with Crippen molar-refractivity contribution in [3.8, 4) is 0 Å². The van der Waals surface area contributed by atoms with Gasteiger partial charge >= 0.3 is 0 Å². The topological polar surface area (TPSA) is 77.0 Å². The highest BCUT2D eigenvalue weighted by molar-refractivity contribution is 5.80. The third-order valence-corrected chi connectivity index (χ3v) is 5.09. The molecule has 6 heteroatoms. The molecule has 1 aliphatic heterocycles. The van der Waals surface area contributed by atoms with E-state index in [-0.39, 0.29) is 17.9 Å². The lowest BCUT2D eigenvalue weighted by Crippen LogP contribution is -2.50. The van der Waals surface area contributed by atoms with Gasteiger partial charge in [0.1, 0.15) is 0 Å². The number of piperidine rings is 1. The van der Waals surface area contributed by atoms with Crippen LogP contribution in [0.2, 0.25) is 0 Å². The number of aliphatic hydroxyl groups excluding tert-OH is 1. The number of aliphatic hydroxyl groups is 1. The van der Waals surface area contributed by atoms with Crippen molar-refractivity contribution in [3.05, 3.63) is 0 Å². The van der Waals surface area contributed by atoms with Crippen molar-refractivity contribution in [1.29, 1.82) is 0 Å². The van der Waals surface area contributed by atoms with Gasteiger partial charge in [0.05, 0.1) is 6.10 Å². The smallest absolute Gasteiger partial charge is 0.225 e. The zero-order valence-electron chi connectivity index (χ0n) is 15.4. The number of nitrogens with zero attached hydrogens (tertiary/aromatic N) is 2. The Bertz CT molecular complexity index is 431. The van der Waals surface area contributed by atoms with E-state index in [1.807, 2.05) is 18.7 Å². The summed E-state index contributed by atoms with van der Waals surface area (Å²) >= 11 is 0. The molecule has 1 saturated heterocycles. The SMILES string of the molecule is CCNC(=NCC1CCCC1O)NC1CCN(C(=O)C(C)C)CC1. The van der Waals surface area contributed by atoms with Gasteiger partial charge in [0.2, 0.25) is 5.91 Å². The Morgan fingerprint density at radius 3 is 2.50 bits per heavy atom. The van der Waals surface area contributed by atoms with Crippen molar-refractivity contribution in [2.24, 2.45) is 16.8 Å². The average Bonchev–Trinajstić information content (AvgIpc) is 2.98. The number of guanidine groups is 1. The molecule has 2 rings (SSSR count). The van der Waals surface area contributed by atoms with Crippen molar-refractivity contribution >= 4 is 11.9 Å². The Morgan fingerprint density at radius 2 is 1.96 bits per heavy atom. The van der Waals surface area contributed by atoms with E-state index in [1.54, 1.807) is 0 Å². The van der Waals surface area contributed by atoms with E-state index in [9.17, 15) is 9.90 Å². The van der Waals surface area contributed by atoms with Crippen LogP contribution in [0.1, 0.15) is 52.9 Å². The Morgan fingerprint density at radius 1 is 1.25 bits per heavy atom. The molecule has 0 bridgehead atoms. The number of carbonyl (C=O) groups excluding carboxylic acids is 1. The summed E-state index contributed by atoms with van der Waals surface area (Å²) in [6, 6.07) is 0.354. The van der Waals surface area contributed by atoms with E-state index in [4.69, 9.17) is 0 Å². The average molecular weight is 338 g/mol. The van der Waals surface area contributed by atoms with Crippen molar-refractivity contribution in [1.82, 2.24) is 15.5 Å². The zero-order chi connectivity index (χ0) is 17.5. The molecule has 6 nitrogen and oxygen atoms in total. The molecule has 0 spiro atoms. The lowest BCUT2D eigenvalue weighted by atomic mass is 10.0. The lowest BCUT2D eigenvalue weighted by molar-refractivity contribution is -0.135. The number of hydrogen-bond acceptors (Lipinski definition) is 3. The number of likely N-dealkylation sites (tertiary alicyclic amines) is 1. The first kappa shape index (κ1) is 19.0. The van der Waals surface area contributed by atoms with E-state index in [2.05, 4.69) is 22.5 Å². The van der Waals surface area contributed by atoms with Crippen molar-refractivity contribution in [2.45, 2.75) is 65.0 Å². The van der Waals surface area contributed by atoms with Gasteiger partial charge in [-0.2, -0.15) is 0 Å². The number of nitrogens with one attached hydrogen (secondary N) is 2. The summed E-state index contributed by atoms with van der Waals surface area (Å²) in [6.07, 6.45) is 4.80. The minimum absolute atomic E-state index is 0.0752. The van der Waals surface area contributed by atoms with Crippen LogP contribution in [-0.2, 0) is 4.79 Å². The van der Waals surface area contributed by atoms with Crippen LogP contribution in [-0.4, -0.2) is 60.2 Å². The van der Waals surface area contributed by atoms with Gasteiger partial charge in [0.25, 0.3) is 0 Å². The molecular formula is C18H34N4O2. The second kappa shape index (κ2) is 9.25. The normalized spacial score (nSPS) is 26.0. The summed E-state index contributed by atoms with van der Waals surface area (Å²) in [5.74, 6) is 1.46. The van der Waals surface area contributed by atoms with Gasteiger partial charge in [-0.1, -0.05) is 20.3 Å². The van der Waals surface area contributed by atoms with Gasteiger partial charge in [-0.3, -0.25) is 9.79 Å². The van der Waals surface area contributed by atoms with Gasteiger partial charge in [-0.15, -0.1) is 0 Å². The van der Waals surface area contributed by atoms with Crippen LogP contribution in [0, 0.1) is 11.8 Å². The molecule has 1 heterocycles. The minimum Gasteiger partial charge on any atom is -0.393 e. The van der Waals surface area contributed by atoms with Crippen LogP contribution < -0.4 is 10.6 Å². The van der Waals surface area contributed by atoms with Gasteiger partial charge in [0, 0.05) is 44.1 Å². The van der Waals surface area contributed by atoms with Crippen LogP contribution in [0.15, 0.2) is 4.99 Å². The molecule has 24 heavy (non-hydrogen) atoms. The van der Waals surface area contributed by atoms with Gasteiger partial charge in [-0.25, -0.2) is 0 Å². The lowest BCUT2D eigenvalue weighted by Gasteiger charge is -2.34. The Labute approximate surface area is 146 Å². The molecule has 1 saturated carbocycles. The maximum Gasteiger partial charge on any atom is 0.225 e. The first-order valence-corrected chi connectivity index (χ1v) is 9.53. The number of amides is 1. The largest absolute Gasteiger partial charge is 0.393 e. The van der Waals surface area contributed by atoms with Crippen LogP contribution in [0.4, 0.5) is 0 Å². The molecule has 2 aliphatic rings. The van der Waals surface area contributed by atoms with E-state index in [0.717, 1.165) is 57.7 Å². The fourth-order valence-corrected chi connectivity index (χ4v) is 3.56. The summed E-state index contributed by atoms with van der Waals surface area (Å²) in [5, 5.41) is 16.7. The van der Waals surface area contributed by atoms with Crippen molar-refractivity contribution in [3.63, 3.8) is 0 Å². The monoisotopic (exact) mass is 338 g/mol. The van der Waals surface area contributed by atoms with E-state index < -0.39 is 0 Å². The van der Waals surface area contributed by atoms with Gasteiger partial charge < -0.3 is 20.6 Å². The number of rotatable bonds is 5. The van der Waals surface area contributed by atoms with Crippen LogP contribution in [0.5, 0.6) is 0 Å². The summed E-state index contributed by atoms with van der Waals surface area (Å²) < 4.78 is 0. The number of aliphatic imine (C=N–C) groups is 1. The second-order valence-electron chi connectivity index (χ2n) is 7.38. The molecule has 2 unspecified atom stereocenters. The minimum atomic E-state index is -0.193. The zero-order valence-corrected chi connectivity index (χ0v) is 15.4. The predicted molar refractivity (Wildman–Crippen MR) is 96.9 cm³/mol. The fraction of sp³-hybridized carbons (Fsp3) is 0.889.